The van der Waals surface area contributed by atoms with Gasteiger partial charge in [-0.15, -0.1) is 0 Å². The smallest absolute Gasteiger partial charge is 0.218 e. The van der Waals surface area contributed by atoms with E-state index in [0.29, 0.717) is 51.6 Å². The Morgan fingerprint density at radius 2 is 1.96 bits per heavy atom. The average Bonchev–Trinajstić information content (AvgIpc) is 2.62. The average molecular weight is 337 g/mol. The number of piperidine rings is 1. The third-order valence-corrected chi connectivity index (χ3v) is 6.53. The Balaban J connectivity index is 1.79. The number of nitriles is 1. The van der Waals surface area contributed by atoms with Gasteiger partial charge in [0.25, 0.3) is 0 Å². The van der Waals surface area contributed by atoms with Crippen LogP contribution < -0.4 is 4.90 Å². The number of hydrogen-bond acceptors (Lipinski definition) is 7. The minimum absolute atomic E-state index is 0.233. The molecule has 1 aromatic heterocycles. The molecule has 9 heteroatoms. The lowest BCUT2D eigenvalue weighted by atomic mass is 10.1. The molecule has 8 nitrogen and oxygen atoms in total. The van der Waals surface area contributed by atoms with Crippen LogP contribution in [-0.2, 0) is 14.8 Å². The molecule has 0 N–H and O–H groups in total. The van der Waals surface area contributed by atoms with Gasteiger partial charge < -0.3 is 9.64 Å². The molecule has 0 aromatic carbocycles. The summed E-state index contributed by atoms with van der Waals surface area (Å²) in [5, 5.41) is 8.68. The van der Waals surface area contributed by atoms with Crippen molar-refractivity contribution in [3.63, 3.8) is 0 Å². The van der Waals surface area contributed by atoms with Crippen molar-refractivity contribution in [3.8, 4) is 6.07 Å². The predicted molar refractivity (Wildman–Crippen MR) is 83.3 cm³/mol. The molecule has 3 rings (SSSR count). The SMILES string of the molecule is N#Cc1nccnc1N1CCC[C@H](S(=O)(=O)N2CCOCC2)C1. The van der Waals surface area contributed by atoms with E-state index in [4.69, 9.17) is 10.00 Å². The molecule has 2 saturated heterocycles. The standard InChI is InChI=1S/C14H19N5O3S/c15-10-13-14(17-4-3-16-13)18-5-1-2-12(11-18)23(20,21)19-6-8-22-9-7-19/h3-4,12H,1-2,5-9,11H2/t12-/m0/s1. The molecule has 0 aliphatic carbocycles. The van der Waals surface area contributed by atoms with Gasteiger partial charge in [-0.05, 0) is 12.8 Å². The zero-order valence-corrected chi connectivity index (χ0v) is 13.6. The first-order valence-electron chi connectivity index (χ1n) is 7.65. The largest absolute Gasteiger partial charge is 0.379 e. The molecule has 3 heterocycles. The van der Waals surface area contributed by atoms with E-state index in [9.17, 15) is 8.42 Å². The summed E-state index contributed by atoms with van der Waals surface area (Å²) in [7, 11) is -3.37. The third kappa shape index (κ3) is 3.29. The first kappa shape index (κ1) is 16.1. The van der Waals surface area contributed by atoms with Gasteiger partial charge in [-0.2, -0.15) is 9.57 Å². The maximum atomic E-state index is 12.8. The Hall–Kier alpha value is -1.76. The van der Waals surface area contributed by atoms with Crippen LogP contribution in [0.2, 0.25) is 0 Å². The van der Waals surface area contributed by atoms with E-state index >= 15 is 0 Å². The second-order valence-corrected chi connectivity index (χ2v) is 7.82. The lowest BCUT2D eigenvalue weighted by Crippen LogP contribution is -2.51. The summed E-state index contributed by atoms with van der Waals surface area (Å²) in [6.45, 7) is 2.73. The van der Waals surface area contributed by atoms with Crippen molar-refractivity contribution in [2.24, 2.45) is 0 Å². The highest BCUT2D eigenvalue weighted by Gasteiger charge is 2.36. The van der Waals surface area contributed by atoms with Crippen LogP contribution in [0.4, 0.5) is 5.82 Å². The summed E-state index contributed by atoms with van der Waals surface area (Å²) in [5.41, 5.74) is 0.233. The maximum absolute atomic E-state index is 12.8. The molecule has 0 unspecified atom stereocenters. The fourth-order valence-electron chi connectivity index (χ4n) is 3.03. The van der Waals surface area contributed by atoms with Crippen LogP contribution in [0, 0.1) is 11.3 Å². The maximum Gasteiger partial charge on any atom is 0.218 e. The number of ether oxygens (including phenoxy) is 1. The lowest BCUT2D eigenvalue weighted by molar-refractivity contribution is 0.0725. The topological polar surface area (TPSA) is 99.4 Å². The molecule has 0 saturated carbocycles. The number of morpholine rings is 1. The molecule has 0 spiro atoms. The van der Waals surface area contributed by atoms with E-state index in [1.54, 1.807) is 0 Å². The van der Waals surface area contributed by atoms with Crippen LogP contribution in [-0.4, -0.2) is 67.3 Å². The number of aromatic nitrogens is 2. The Kier molecular flexibility index (Phi) is 4.75. The predicted octanol–water partition coefficient (Wildman–Crippen LogP) is -0.0209. The number of nitrogens with zero attached hydrogens (tertiary/aromatic N) is 5. The molecular formula is C14H19N5O3S. The number of hydrogen-bond donors (Lipinski definition) is 0. The molecule has 0 bridgehead atoms. The Labute approximate surface area is 135 Å². The molecule has 1 aromatic rings. The van der Waals surface area contributed by atoms with E-state index in [2.05, 4.69) is 9.97 Å². The molecule has 2 fully saturated rings. The van der Waals surface area contributed by atoms with Crippen molar-refractivity contribution >= 4 is 15.8 Å². The molecule has 2 aliphatic heterocycles. The Morgan fingerprint density at radius 1 is 1.22 bits per heavy atom. The van der Waals surface area contributed by atoms with Crippen molar-refractivity contribution in [3.05, 3.63) is 18.1 Å². The van der Waals surface area contributed by atoms with Gasteiger partial charge in [-0.1, -0.05) is 0 Å². The fraction of sp³-hybridized carbons (Fsp3) is 0.643. The van der Waals surface area contributed by atoms with Gasteiger partial charge in [0.05, 0.1) is 18.5 Å². The summed E-state index contributed by atoms with van der Waals surface area (Å²) in [6, 6.07) is 2.02. The van der Waals surface area contributed by atoms with Crippen molar-refractivity contribution < 1.29 is 13.2 Å². The van der Waals surface area contributed by atoms with Crippen LogP contribution in [0.15, 0.2) is 12.4 Å². The summed E-state index contributed by atoms with van der Waals surface area (Å²) in [5.74, 6) is 0.469. The molecule has 2 aliphatic rings. The molecule has 0 amide bonds. The first-order valence-corrected chi connectivity index (χ1v) is 9.16. The highest BCUT2D eigenvalue weighted by molar-refractivity contribution is 7.89. The summed E-state index contributed by atoms with van der Waals surface area (Å²) in [4.78, 5) is 10.1. The van der Waals surface area contributed by atoms with Crippen LogP contribution >= 0.6 is 0 Å². The minimum atomic E-state index is -3.37. The lowest BCUT2D eigenvalue weighted by Gasteiger charge is -2.36. The third-order valence-electron chi connectivity index (χ3n) is 4.21. The second kappa shape index (κ2) is 6.78. The van der Waals surface area contributed by atoms with E-state index < -0.39 is 15.3 Å². The van der Waals surface area contributed by atoms with Gasteiger partial charge in [0, 0.05) is 38.6 Å². The zero-order valence-electron chi connectivity index (χ0n) is 12.8. The van der Waals surface area contributed by atoms with Crippen LogP contribution in [0.25, 0.3) is 0 Å². The number of rotatable bonds is 3. The highest BCUT2D eigenvalue weighted by Crippen LogP contribution is 2.25. The summed E-state index contributed by atoms with van der Waals surface area (Å²) >= 11 is 0. The Morgan fingerprint density at radius 3 is 2.70 bits per heavy atom. The number of sulfonamides is 1. The van der Waals surface area contributed by atoms with Gasteiger partial charge >= 0.3 is 0 Å². The van der Waals surface area contributed by atoms with Crippen molar-refractivity contribution in [2.75, 3.05) is 44.3 Å². The highest BCUT2D eigenvalue weighted by atomic mass is 32.2. The van der Waals surface area contributed by atoms with Gasteiger partial charge in [0.1, 0.15) is 6.07 Å². The van der Waals surface area contributed by atoms with Crippen molar-refractivity contribution in [1.82, 2.24) is 14.3 Å². The quantitative estimate of drug-likeness (QED) is 0.764. The van der Waals surface area contributed by atoms with Gasteiger partial charge in [0.2, 0.25) is 10.0 Å². The van der Waals surface area contributed by atoms with E-state index in [1.165, 1.54) is 16.7 Å². The summed E-state index contributed by atoms with van der Waals surface area (Å²) < 4.78 is 32.4. The molecular weight excluding hydrogens is 318 g/mol. The molecule has 1 atom stereocenters. The van der Waals surface area contributed by atoms with Crippen LogP contribution in [0.5, 0.6) is 0 Å². The second-order valence-electron chi connectivity index (χ2n) is 5.61. The van der Waals surface area contributed by atoms with E-state index in [-0.39, 0.29) is 5.69 Å². The van der Waals surface area contributed by atoms with Gasteiger partial charge in [-0.25, -0.2) is 18.4 Å². The van der Waals surface area contributed by atoms with Crippen LogP contribution in [0.1, 0.15) is 18.5 Å². The van der Waals surface area contributed by atoms with Crippen molar-refractivity contribution in [1.29, 1.82) is 5.26 Å². The summed E-state index contributed by atoms with van der Waals surface area (Å²) in [6.07, 6.45) is 4.36. The minimum Gasteiger partial charge on any atom is -0.379 e. The monoisotopic (exact) mass is 337 g/mol. The zero-order chi connectivity index (χ0) is 16.3. The van der Waals surface area contributed by atoms with Gasteiger partial charge in [0.15, 0.2) is 11.5 Å². The molecule has 124 valence electrons. The van der Waals surface area contributed by atoms with Gasteiger partial charge in [-0.3, -0.25) is 0 Å². The normalized spacial score (nSPS) is 23.4. The number of anilines is 1. The fourth-order valence-corrected chi connectivity index (χ4v) is 4.94. The van der Waals surface area contributed by atoms with Crippen molar-refractivity contribution in [2.45, 2.75) is 18.1 Å². The van der Waals surface area contributed by atoms with E-state index in [1.807, 2.05) is 11.0 Å². The molecule has 0 radical (unpaired) electrons. The first-order chi connectivity index (χ1) is 11.1. The van der Waals surface area contributed by atoms with Crippen LogP contribution in [0.3, 0.4) is 0 Å². The Bertz CT molecular complexity index is 697. The van der Waals surface area contributed by atoms with E-state index in [0.717, 1.165) is 6.42 Å². The molecule has 23 heavy (non-hydrogen) atoms.